The van der Waals surface area contributed by atoms with Gasteiger partial charge in [0.15, 0.2) is 0 Å². The van der Waals surface area contributed by atoms with Gasteiger partial charge in [0.1, 0.15) is 5.65 Å². The fourth-order valence-corrected chi connectivity index (χ4v) is 5.10. The number of hydrogen-bond donors (Lipinski definition) is 0. The second-order valence-electron chi connectivity index (χ2n) is 6.69. The van der Waals surface area contributed by atoms with Crippen molar-refractivity contribution in [3.63, 3.8) is 0 Å². The van der Waals surface area contributed by atoms with Gasteiger partial charge in [-0.2, -0.15) is 4.31 Å². The van der Waals surface area contributed by atoms with Crippen LogP contribution >= 0.6 is 0 Å². The lowest BCUT2D eigenvalue weighted by Gasteiger charge is -2.17. The summed E-state index contributed by atoms with van der Waals surface area (Å²) >= 11 is 0. The highest BCUT2D eigenvalue weighted by molar-refractivity contribution is 7.89. The number of aromatic nitrogens is 2. The summed E-state index contributed by atoms with van der Waals surface area (Å²) in [6.45, 7) is 5.10. The second kappa shape index (κ2) is 5.97. The molecule has 1 saturated heterocycles. The van der Waals surface area contributed by atoms with E-state index in [0.717, 1.165) is 40.9 Å². The van der Waals surface area contributed by atoms with E-state index < -0.39 is 10.0 Å². The van der Waals surface area contributed by atoms with Crippen LogP contribution in [0.2, 0.25) is 0 Å². The predicted octanol–water partition coefficient (Wildman–Crippen LogP) is 3.40. The molecule has 0 aliphatic carbocycles. The molecule has 1 fully saturated rings. The molecule has 2 aromatic heterocycles. The molecule has 4 rings (SSSR count). The van der Waals surface area contributed by atoms with Gasteiger partial charge in [0.05, 0.1) is 10.6 Å². The Bertz CT molecular complexity index is 1050. The van der Waals surface area contributed by atoms with Crippen molar-refractivity contribution in [1.82, 2.24) is 13.7 Å². The number of benzene rings is 1. The van der Waals surface area contributed by atoms with Crippen LogP contribution in [0.4, 0.5) is 0 Å². The number of fused-ring (bicyclic) bond motifs is 1. The predicted molar refractivity (Wildman–Crippen MR) is 98.1 cm³/mol. The molecule has 0 bridgehead atoms. The topological polar surface area (TPSA) is 54.7 Å². The first kappa shape index (κ1) is 16.3. The van der Waals surface area contributed by atoms with Gasteiger partial charge >= 0.3 is 0 Å². The standard InChI is InChI=1S/C19H21N3O2S/c1-14-7-10-21-13-17(20-19(21)11-14)16-6-5-15(2)18(12-16)25(23,24)22-8-3-4-9-22/h5-7,10-13H,3-4,8-9H2,1-2H3. The third-order valence-corrected chi connectivity index (χ3v) is 6.82. The first-order valence-corrected chi connectivity index (χ1v) is 9.96. The van der Waals surface area contributed by atoms with E-state index in [1.54, 1.807) is 10.4 Å². The van der Waals surface area contributed by atoms with Crippen LogP contribution in [-0.4, -0.2) is 35.2 Å². The van der Waals surface area contributed by atoms with Crippen LogP contribution in [0, 0.1) is 13.8 Å². The Hall–Kier alpha value is -2.18. The molecule has 0 spiro atoms. The highest BCUT2D eigenvalue weighted by Crippen LogP contribution is 2.28. The van der Waals surface area contributed by atoms with E-state index >= 15 is 0 Å². The summed E-state index contributed by atoms with van der Waals surface area (Å²) in [5.41, 5.74) is 4.38. The molecule has 5 nitrogen and oxygen atoms in total. The molecule has 1 aliphatic rings. The summed E-state index contributed by atoms with van der Waals surface area (Å²) in [6, 6.07) is 9.61. The third kappa shape index (κ3) is 2.85. The SMILES string of the molecule is Cc1ccn2cc(-c3ccc(C)c(S(=O)(=O)N4CCCC4)c3)nc2c1. The van der Waals surface area contributed by atoms with Crippen molar-refractivity contribution in [2.24, 2.45) is 0 Å². The number of pyridine rings is 1. The van der Waals surface area contributed by atoms with Crippen molar-refractivity contribution < 1.29 is 8.42 Å². The highest BCUT2D eigenvalue weighted by atomic mass is 32.2. The van der Waals surface area contributed by atoms with Gasteiger partial charge in [-0.1, -0.05) is 12.1 Å². The van der Waals surface area contributed by atoms with Crippen LogP contribution in [0.1, 0.15) is 24.0 Å². The van der Waals surface area contributed by atoms with Crippen molar-refractivity contribution in [2.45, 2.75) is 31.6 Å². The van der Waals surface area contributed by atoms with Gasteiger partial charge in [0.2, 0.25) is 10.0 Å². The van der Waals surface area contributed by atoms with Crippen molar-refractivity contribution >= 4 is 15.7 Å². The molecule has 0 unspecified atom stereocenters. The summed E-state index contributed by atoms with van der Waals surface area (Å²) in [4.78, 5) is 5.04. The summed E-state index contributed by atoms with van der Waals surface area (Å²) in [7, 11) is -3.44. The van der Waals surface area contributed by atoms with Crippen molar-refractivity contribution in [3.8, 4) is 11.3 Å². The lowest BCUT2D eigenvalue weighted by Crippen LogP contribution is -2.28. The number of rotatable bonds is 3. The Kier molecular flexibility index (Phi) is 3.89. The van der Waals surface area contributed by atoms with Crippen molar-refractivity contribution in [2.75, 3.05) is 13.1 Å². The van der Waals surface area contributed by atoms with Gasteiger partial charge in [-0.25, -0.2) is 13.4 Å². The average Bonchev–Trinajstić information content (AvgIpc) is 3.24. The third-order valence-electron chi connectivity index (χ3n) is 4.78. The Labute approximate surface area is 148 Å². The van der Waals surface area contributed by atoms with E-state index in [1.165, 1.54) is 0 Å². The van der Waals surface area contributed by atoms with E-state index in [4.69, 9.17) is 0 Å². The molecule has 0 radical (unpaired) electrons. The van der Waals surface area contributed by atoms with Gasteiger partial charge < -0.3 is 4.40 Å². The number of nitrogens with zero attached hydrogens (tertiary/aromatic N) is 3. The average molecular weight is 355 g/mol. The Balaban J connectivity index is 1.80. The molecule has 0 amide bonds. The lowest BCUT2D eigenvalue weighted by molar-refractivity contribution is 0.477. The summed E-state index contributed by atoms with van der Waals surface area (Å²) in [6.07, 6.45) is 5.77. The summed E-state index contributed by atoms with van der Waals surface area (Å²) < 4.78 is 29.5. The number of sulfonamides is 1. The van der Waals surface area contributed by atoms with E-state index in [1.807, 2.05) is 54.9 Å². The van der Waals surface area contributed by atoms with E-state index in [2.05, 4.69) is 4.98 Å². The summed E-state index contributed by atoms with van der Waals surface area (Å²) in [5.74, 6) is 0. The Morgan fingerprint density at radius 2 is 1.80 bits per heavy atom. The molecule has 3 heterocycles. The molecule has 1 aliphatic heterocycles. The zero-order chi connectivity index (χ0) is 17.6. The normalized spacial score (nSPS) is 15.9. The zero-order valence-corrected chi connectivity index (χ0v) is 15.3. The van der Waals surface area contributed by atoms with Gasteiger partial charge in [0, 0.05) is 31.0 Å². The minimum Gasteiger partial charge on any atom is -0.306 e. The largest absolute Gasteiger partial charge is 0.306 e. The van der Waals surface area contributed by atoms with Crippen LogP contribution in [0.15, 0.2) is 47.6 Å². The first-order chi connectivity index (χ1) is 11.9. The zero-order valence-electron chi connectivity index (χ0n) is 14.4. The lowest BCUT2D eigenvalue weighted by atomic mass is 10.1. The number of hydrogen-bond acceptors (Lipinski definition) is 3. The molecule has 25 heavy (non-hydrogen) atoms. The fraction of sp³-hybridized carbons (Fsp3) is 0.316. The van der Waals surface area contributed by atoms with Gasteiger partial charge in [-0.3, -0.25) is 0 Å². The van der Waals surface area contributed by atoms with E-state index in [9.17, 15) is 8.42 Å². The van der Waals surface area contributed by atoms with E-state index in [0.29, 0.717) is 18.0 Å². The maximum Gasteiger partial charge on any atom is 0.243 e. The summed E-state index contributed by atoms with van der Waals surface area (Å²) in [5, 5.41) is 0. The van der Waals surface area contributed by atoms with Crippen molar-refractivity contribution in [1.29, 1.82) is 0 Å². The molecular weight excluding hydrogens is 334 g/mol. The number of imidazole rings is 1. The van der Waals surface area contributed by atoms with Crippen LogP contribution in [0.3, 0.4) is 0 Å². The molecule has 1 aromatic carbocycles. The van der Waals surface area contributed by atoms with Crippen molar-refractivity contribution in [3.05, 3.63) is 53.9 Å². The molecule has 3 aromatic rings. The Morgan fingerprint density at radius 1 is 1.04 bits per heavy atom. The van der Waals surface area contributed by atoms with Crippen LogP contribution < -0.4 is 0 Å². The fourth-order valence-electron chi connectivity index (χ4n) is 3.33. The van der Waals surface area contributed by atoms with Crippen LogP contribution in [0.5, 0.6) is 0 Å². The van der Waals surface area contributed by atoms with Crippen LogP contribution in [-0.2, 0) is 10.0 Å². The number of aryl methyl sites for hydroxylation is 2. The quantitative estimate of drug-likeness (QED) is 0.723. The monoisotopic (exact) mass is 355 g/mol. The molecule has 130 valence electrons. The minimum absolute atomic E-state index is 0.389. The highest BCUT2D eigenvalue weighted by Gasteiger charge is 2.28. The molecule has 6 heteroatoms. The van der Waals surface area contributed by atoms with E-state index in [-0.39, 0.29) is 0 Å². The molecule has 0 saturated carbocycles. The molecule has 0 atom stereocenters. The van der Waals surface area contributed by atoms with Crippen LogP contribution in [0.25, 0.3) is 16.9 Å². The van der Waals surface area contributed by atoms with Gasteiger partial charge in [-0.05, 0) is 56.0 Å². The minimum atomic E-state index is -3.44. The smallest absolute Gasteiger partial charge is 0.243 e. The Morgan fingerprint density at radius 3 is 2.56 bits per heavy atom. The second-order valence-corrected chi connectivity index (χ2v) is 8.59. The maximum atomic E-state index is 13.0. The van der Waals surface area contributed by atoms with Gasteiger partial charge in [-0.15, -0.1) is 0 Å². The molecule has 0 N–H and O–H groups in total. The molecular formula is C19H21N3O2S. The van der Waals surface area contributed by atoms with Gasteiger partial charge in [0.25, 0.3) is 0 Å². The first-order valence-electron chi connectivity index (χ1n) is 8.52. The maximum absolute atomic E-state index is 13.0.